The highest BCUT2D eigenvalue weighted by atomic mass is 35.5. The molecule has 1 saturated heterocycles. The SMILES string of the molecule is Cc1nc2ccc(NC(=O)c3ccn(C4CCCNC4)n3)cc2o1.Cl. The Morgan fingerprint density at radius 1 is 1.40 bits per heavy atom. The maximum Gasteiger partial charge on any atom is 0.276 e. The Kier molecular flexibility index (Phi) is 5.06. The van der Waals surface area contributed by atoms with Crippen molar-refractivity contribution in [3.63, 3.8) is 0 Å². The molecule has 0 saturated carbocycles. The number of hydrogen-bond acceptors (Lipinski definition) is 5. The van der Waals surface area contributed by atoms with Gasteiger partial charge in [0.05, 0.1) is 6.04 Å². The Morgan fingerprint density at radius 2 is 2.28 bits per heavy atom. The number of hydrogen-bond donors (Lipinski definition) is 2. The molecule has 0 spiro atoms. The Morgan fingerprint density at radius 3 is 3.08 bits per heavy atom. The molecule has 1 aromatic carbocycles. The van der Waals surface area contributed by atoms with Gasteiger partial charge in [0.25, 0.3) is 5.91 Å². The van der Waals surface area contributed by atoms with E-state index in [1.807, 2.05) is 23.0 Å². The number of nitrogens with zero attached hydrogens (tertiary/aromatic N) is 3. The first-order valence-electron chi connectivity index (χ1n) is 8.13. The number of amides is 1. The third kappa shape index (κ3) is 3.67. The highest BCUT2D eigenvalue weighted by Gasteiger charge is 2.18. The summed E-state index contributed by atoms with van der Waals surface area (Å²) in [6.45, 7) is 3.74. The van der Waals surface area contributed by atoms with E-state index in [-0.39, 0.29) is 18.3 Å². The topological polar surface area (TPSA) is 85.0 Å². The number of aromatic nitrogens is 3. The molecule has 1 atom stereocenters. The van der Waals surface area contributed by atoms with Crippen LogP contribution in [0.1, 0.15) is 35.3 Å². The summed E-state index contributed by atoms with van der Waals surface area (Å²) in [5.41, 5.74) is 2.51. The lowest BCUT2D eigenvalue weighted by Gasteiger charge is -2.22. The second-order valence-electron chi connectivity index (χ2n) is 6.05. The number of carbonyl (C=O) groups excluding carboxylic acids is 1. The lowest BCUT2D eigenvalue weighted by molar-refractivity contribution is 0.102. The van der Waals surface area contributed by atoms with Crippen molar-refractivity contribution in [2.24, 2.45) is 0 Å². The highest BCUT2D eigenvalue weighted by molar-refractivity contribution is 6.03. The Hall–Kier alpha value is -2.38. The van der Waals surface area contributed by atoms with Crippen LogP contribution in [0, 0.1) is 6.92 Å². The van der Waals surface area contributed by atoms with Crippen molar-refractivity contribution < 1.29 is 9.21 Å². The van der Waals surface area contributed by atoms with Gasteiger partial charge in [0.1, 0.15) is 5.52 Å². The number of carbonyl (C=O) groups is 1. The average Bonchev–Trinajstić information content (AvgIpc) is 3.21. The number of rotatable bonds is 3. The fourth-order valence-electron chi connectivity index (χ4n) is 3.03. The normalized spacial score (nSPS) is 17.2. The monoisotopic (exact) mass is 361 g/mol. The van der Waals surface area contributed by atoms with Crippen molar-refractivity contribution in [1.82, 2.24) is 20.1 Å². The van der Waals surface area contributed by atoms with Crippen LogP contribution < -0.4 is 10.6 Å². The zero-order chi connectivity index (χ0) is 16.5. The predicted octanol–water partition coefficient (Wildman–Crippen LogP) is 2.93. The number of oxazole rings is 1. The fraction of sp³-hybridized carbons (Fsp3) is 0.353. The van der Waals surface area contributed by atoms with Crippen LogP contribution in [0.3, 0.4) is 0 Å². The maximum atomic E-state index is 12.4. The van der Waals surface area contributed by atoms with Gasteiger partial charge in [-0.2, -0.15) is 5.10 Å². The number of piperidine rings is 1. The predicted molar refractivity (Wildman–Crippen MR) is 97.3 cm³/mol. The minimum Gasteiger partial charge on any atom is -0.441 e. The number of aryl methyl sites for hydroxylation is 1. The minimum atomic E-state index is -0.229. The smallest absolute Gasteiger partial charge is 0.276 e. The molecule has 1 unspecified atom stereocenters. The largest absolute Gasteiger partial charge is 0.441 e. The molecule has 1 amide bonds. The molecular weight excluding hydrogens is 342 g/mol. The Bertz CT molecular complexity index is 882. The van der Waals surface area contributed by atoms with E-state index >= 15 is 0 Å². The summed E-state index contributed by atoms with van der Waals surface area (Å²) in [7, 11) is 0. The molecule has 1 aliphatic heterocycles. The summed E-state index contributed by atoms with van der Waals surface area (Å²) >= 11 is 0. The molecule has 0 bridgehead atoms. The molecule has 2 N–H and O–H groups in total. The van der Waals surface area contributed by atoms with Crippen LogP contribution in [0.15, 0.2) is 34.9 Å². The molecule has 132 valence electrons. The first kappa shape index (κ1) is 17.4. The van der Waals surface area contributed by atoms with Crippen molar-refractivity contribution in [2.75, 3.05) is 18.4 Å². The molecule has 1 fully saturated rings. The first-order chi connectivity index (χ1) is 11.7. The molecule has 3 heterocycles. The quantitative estimate of drug-likeness (QED) is 0.749. The van der Waals surface area contributed by atoms with Gasteiger partial charge >= 0.3 is 0 Å². The van der Waals surface area contributed by atoms with Crippen LogP contribution in [0.2, 0.25) is 0 Å². The standard InChI is InChI=1S/C17H19N5O2.ClH/c1-11-19-14-5-4-12(9-16(14)24-11)20-17(23)15-6-8-22(21-15)13-3-2-7-18-10-13;/h4-6,8-9,13,18H,2-3,7,10H2,1H3,(H,20,23);1H. The Labute approximate surface area is 151 Å². The van der Waals surface area contributed by atoms with Crippen LogP contribution in [0.4, 0.5) is 5.69 Å². The van der Waals surface area contributed by atoms with Gasteiger partial charge in [-0.05, 0) is 37.6 Å². The second kappa shape index (κ2) is 7.25. The van der Waals surface area contributed by atoms with E-state index in [4.69, 9.17) is 4.42 Å². The van der Waals surface area contributed by atoms with E-state index in [9.17, 15) is 4.79 Å². The fourth-order valence-corrected chi connectivity index (χ4v) is 3.03. The van der Waals surface area contributed by atoms with Crippen LogP contribution in [0.5, 0.6) is 0 Å². The number of nitrogens with one attached hydrogen (secondary N) is 2. The van der Waals surface area contributed by atoms with Gasteiger partial charge in [0.2, 0.25) is 0 Å². The molecule has 8 heteroatoms. The van der Waals surface area contributed by atoms with Gasteiger partial charge in [-0.3, -0.25) is 9.48 Å². The van der Waals surface area contributed by atoms with Crippen LogP contribution in [0.25, 0.3) is 11.1 Å². The molecule has 0 aliphatic carbocycles. The van der Waals surface area contributed by atoms with Gasteiger partial charge in [-0.25, -0.2) is 4.98 Å². The van der Waals surface area contributed by atoms with E-state index < -0.39 is 0 Å². The summed E-state index contributed by atoms with van der Waals surface area (Å²) in [5, 5.41) is 10.6. The highest BCUT2D eigenvalue weighted by Crippen LogP contribution is 2.21. The van der Waals surface area contributed by atoms with Gasteiger partial charge in [-0.1, -0.05) is 0 Å². The van der Waals surface area contributed by atoms with Gasteiger partial charge < -0.3 is 15.1 Å². The molecule has 3 aromatic rings. The third-order valence-corrected chi connectivity index (χ3v) is 4.24. The van der Waals surface area contributed by atoms with Crippen molar-refractivity contribution >= 4 is 35.1 Å². The molecule has 0 radical (unpaired) electrons. The number of fused-ring (bicyclic) bond motifs is 1. The van der Waals surface area contributed by atoms with Crippen molar-refractivity contribution in [3.8, 4) is 0 Å². The lowest BCUT2D eigenvalue weighted by atomic mass is 10.1. The molecular formula is C17H20ClN5O2. The van der Waals surface area contributed by atoms with Gasteiger partial charge in [-0.15, -0.1) is 12.4 Å². The molecule has 7 nitrogen and oxygen atoms in total. The first-order valence-corrected chi connectivity index (χ1v) is 8.13. The van der Waals surface area contributed by atoms with E-state index in [2.05, 4.69) is 20.7 Å². The zero-order valence-electron chi connectivity index (χ0n) is 13.9. The summed E-state index contributed by atoms with van der Waals surface area (Å²) in [6.07, 6.45) is 4.08. The van der Waals surface area contributed by atoms with Gasteiger partial charge in [0.15, 0.2) is 17.2 Å². The number of anilines is 1. The Balaban J connectivity index is 0.00000182. The van der Waals surface area contributed by atoms with Crippen LogP contribution in [-0.4, -0.2) is 33.8 Å². The van der Waals surface area contributed by atoms with E-state index in [0.717, 1.165) is 31.4 Å². The summed E-state index contributed by atoms with van der Waals surface area (Å²) in [6, 6.07) is 7.47. The summed E-state index contributed by atoms with van der Waals surface area (Å²) in [4.78, 5) is 16.6. The van der Waals surface area contributed by atoms with Crippen LogP contribution in [-0.2, 0) is 0 Å². The zero-order valence-corrected chi connectivity index (χ0v) is 14.7. The number of benzene rings is 1. The maximum absolute atomic E-state index is 12.4. The molecule has 1 aliphatic rings. The minimum absolute atomic E-state index is 0. The lowest BCUT2D eigenvalue weighted by Crippen LogP contribution is -2.32. The third-order valence-electron chi connectivity index (χ3n) is 4.24. The van der Waals surface area contributed by atoms with Crippen molar-refractivity contribution in [2.45, 2.75) is 25.8 Å². The molecule has 25 heavy (non-hydrogen) atoms. The average molecular weight is 362 g/mol. The van der Waals surface area contributed by atoms with E-state index in [0.29, 0.717) is 28.9 Å². The summed E-state index contributed by atoms with van der Waals surface area (Å²) < 4.78 is 7.37. The molecule has 4 rings (SSSR count). The van der Waals surface area contributed by atoms with E-state index in [1.54, 1.807) is 19.1 Å². The van der Waals surface area contributed by atoms with E-state index in [1.165, 1.54) is 0 Å². The summed E-state index contributed by atoms with van der Waals surface area (Å²) in [5.74, 6) is 0.376. The molecule has 2 aromatic heterocycles. The van der Waals surface area contributed by atoms with Crippen LogP contribution >= 0.6 is 12.4 Å². The van der Waals surface area contributed by atoms with Crippen molar-refractivity contribution in [3.05, 3.63) is 42.0 Å². The van der Waals surface area contributed by atoms with Gasteiger partial charge in [0, 0.05) is 31.4 Å². The van der Waals surface area contributed by atoms with Crippen molar-refractivity contribution in [1.29, 1.82) is 0 Å². The second-order valence-corrected chi connectivity index (χ2v) is 6.05. The number of halogens is 1.